The fourth-order valence-corrected chi connectivity index (χ4v) is 4.96. The second kappa shape index (κ2) is 11.0. The Morgan fingerprint density at radius 2 is 1.82 bits per heavy atom. The average Bonchev–Trinajstić information content (AvgIpc) is 3.32. The van der Waals surface area contributed by atoms with Gasteiger partial charge in [-0.05, 0) is 43.3 Å². The summed E-state index contributed by atoms with van der Waals surface area (Å²) in [5.74, 6) is -2.32. The lowest BCUT2D eigenvalue weighted by Gasteiger charge is -2.31. The van der Waals surface area contributed by atoms with E-state index in [0.717, 1.165) is 22.9 Å². The van der Waals surface area contributed by atoms with Crippen molar-refractivity contribution in [2.45, 2.75) is 25.1 Å². The maximum absolute atomic E-state index is 14.5. The van der Waals surface area contributed by atoms with Crippen LogP contribution in [0.4, 0.5) is 17.6 Å². The van der Waals surface area contributed by atoms with Gasteiger partial charge in [0.25, 0.3) is 5.91 Å². The lowest BCUT2D eigenvalue weighted by molar-refractivity contribution is -0.265. The van der Waals surface area contributed by atoms with E-state index in [-0.39, 0.29) is 34.7 Å². The molecule has 0 radical (unpaired) electrons. The molecule has 0 saturated heterocycles. The van der Waals surface area contributed by atoms with Gasteiger partial charge in [0, 0.05) is 26.6 Å². The van der Waals surface area contributed by atoms with E-state index in [4.69, 9.17) is 10.5 Å². The smallest absolute Gasteiger partial charge is 0.424 e. The summed E-state index contributed by atoms with van der Waals surface area (Å²) in [5.41, 5.74) is 0.870. The largest absolute Gasteiger partial charge is 0.491 e. The number of hydrogen-bond donors (Lipinski definition) is 3. The predicted octanol–water partition coefficient (Wildman–Crippen LogP) is 4.71. The van der Waals surface area contributed by atoms with Gasteiger partial charge in [-0.1, -0.05) is 18.2 Å². The molecule has 4 aromatic rings. The number of fused-ring (bicyclic) bond motifs is 1. The van der Waals surface area contributed by atoms with E-state index in [1.54, 1.807) is 31.2 Å². The molecule has 0 bridgehead atoms. The first-order valence-electron chi connectivity index (χ1n) is 11.7. The van der Waals surface area contributed by atoms with Gasteiger partial charge in [0.05, 0.1) is 30.8 Å². The molecule has 0 saturated carbocycles. The highest BCUT2D eigenvalue weighted by atomic mass is 32.1. The summed E-state index contributed by atoms with van der Waals surface area (Å²) < 4.78 is 63.3. The molecule has 4 N–H and O–H groups in total. The Kier molecular flexibility index (Phi) is 7.89. The highest BCUT2D eigenvalue weighted by Gasteiger charge is 2.56. The number of aromatic nitrogens is 1. The molecule has 2 aromatic carbocycles. The van der Waals surface area contributed by atoms with Gasteiger partial charge in [0.15, 0.2) is 0 Å². The van der Waals surface area contributed by atoms with Crippen molar-refractivity contribution in [3.8, 4) is 17.0 Å². The molecule has 0 aliphatic heterocycles. The zero-order chi connectivity index (χ0) is 28.4. The number of rotatable bonds is 9. The Morgan fingerprint density at radius 1 is 1.13 bits per heavy atom. The van der Waals surface area contributed by atoms with Crippen molar-refractivity contribution < 1.29 is 37.0 Å². The zero-order valence-corrected chi connectivity index (χ0v) is 21.3. The van der Waals surface area contributed by atoms with Crippen molar-refractivity contribution in [3.63, 3.8) is 0 Å². The van der Waals surface area contributed by atoms with Crippen LogP contribution in [-0.2, 0) is 16.8 Å². The molecular formula is C27H23F4N3O4S. The fraction of sp³-hybridized carbons (Fsp3) is 0.222. The number of aliphatic hydroxyl groups is 1. The third kappa shape index (κ3) is 5.71. The van der Waals surface area contributed by atoms with E-state index in [1.165, 1.54) is 28.8 Å². The molecule has 7 nitrogen and oxygen atoms in total. The number of carbonyl (C=O) groups excluding carboxylic acids is 2. The van der Waals surface area contributed by atoms with Crippen molar-refractivity contribution in [2.75, 3.05) is 13.2 Å². The highest BCUT2D eigenvalue weighted by molar-refractivity contribution is 7.17. The predicted molar refractivity (Wildman–Crippen MR) is 138 cm³/mol. The Morgan fingerprint density at radius 3 is 2.46 bits per heavy atom. The molecule has 0 aliphatic carbocycles. The van der Waals surface area contributed by atoms with Crippen LogP contribution in [0.25, 0.3) is 21.3 Å². The van der Waals surface area contributed by atoms with Crippen LogP contribution in [0.2, 0.25) is 0 Å². The van der Waals surface area contributed by atoms with E-state index < -0.39 is 48.1 Å². The molecule has 0 fully saturated rings. The molecule has 0 spiro atoms. The van der Waals surface area contributed by atoms with Crippen LogP contribution >= 0.6 is 11.3 Å². The Balaban J connectivity index is 1.81. The highest BCUT2D eigenvalue weighted by Crippen LogP contribution is 2.42. The number of primary amides is 1. The van der Waals surface area contributed by atoms with Gasteiger partial charge >= 0.3 is 6.18 Å². The van der Waals surface area contributed by atoms with Crippen LogP contribution in [0.15, 0.2) is 60.0 Å². The van der Waals surface area contributed by atoms with Crippen LogP contribution in [0, 0.1) is 5.82 Å². The van der Waals surface area contributed by atoms with Crippen molar-refractivity contribution in [1.82, 2.24) is 10.3 Å². The molecule has 0 aliphatic rings. The minimum Gasteiger partial charge on any atom is -0.491 e. The second-order valence-corrected chi connectivity index (χ2v) is 9.52. The molecule has 2 aromatic heterocycles. The number of thiophene rings is 1. The molecule has 2 amide bonds. The number of halogens is 4. The normalized spacial score (nSPS) is 13.2. The maximum Gasteiger partial charge on any atom is 0.424 e. The summed E-state index contributed by atoms with van der Waals surface area (Å²) in [6, 6.07) is 12.5. The first kappa shape index (κ1) is 28.0. The standard InChI is InChI=1S/C27H23F4N3O4S/c1-2-38-24-16(12-22(32)35)11-21(34-23(24)15-7-9-17(28)10-8-15)26(37,27(29,30)31)14-33-25(36)19-13-39-20-6-4-3-5-18(19)20/h3-11,13,37H,2,12,14H2,1H3,(H2,32,35)(H,33,36)/t26-/m0/s1. The van der Waals surface area contributed by atoms with E-state index in [9.17, 15) is 32.3 Å². The molecule has 39 heavy (non-hydrogen) atoms. The fourth-order valence-electron chi connectivity index (χ4n) is 4.02. The quantitative estimate of drug-likeness (QED) is 0.256. The summed E-state index contributed by atoms with van der Waals surface area (Å²) >= 11 is 1.25. The van der Waals surface area contributed by atoms with Crippen molar-refractivity contribution >= 4 is 33.2 Å². The number of nitrogens with zero attached hydrogens (tertiary/aromatic N) is 1. The number of nitrogens with one attached hydrogen (secondary N) is 1. The van der Waals surface area contributed by atoms with Gasteiger partial charge in [-0.25, -0.2) is 9.37 Å². The molecule has 0 unspecified atom stereocenters. The Hall–Kier alpha value is -4.03. The number of amides is 2. The average molecular weight is 562 g/mol. The Bertz CT molecular complexity index is 1520. The number of carbonyl (C=O) groups is 2. The molecule has 1 atom stereocenters. The van der Waals surface area contributed by atoms with Crippen LogP contribution in [0.1, 0.15) is 28.5 Å². The zero-order valence-electron chi connectivity index (χ0n) is 20.5. The van der Waals surface area contributed by atoms with Crippen molar-refractivity contribution in [2.24, 2.45) is 5.73 Å². The van der Waals surface area contributed by atoms with Gasteiger partial charge in [-0.3, -0.25) is 9.59 Å². The number of nitrogens with two attached hydrogens (primary N) is 1. The molecule has 4 rings (SSSR count). The summed E-state index contributed by atoms with van der Waals surface area (Å²) in [6.45, 7) is 0.403. The lowest BCUT2D eigenvalue weighted by Crippen LogP contribution is -2.51. The van der Waals surface area contributed by atoms with Crippen LogP contribution in [0.5, 0.6) is 5.75 Å². The van der Waals surface area contributed by atoms with E-state index in [1.807, 2.05) is 0 Å². The first-order chi connectivity index (χ1) is 18.4. The van der Waals surface area contributed by atoms with E-state index in [2.05, 4.69) is 10.3 Å². The van der Waals surface area contributed by atoms with Gasteiger partial charge in [-0.2, -0.15) is 13.2 Å². The van der Waals surface area contributed by atoms with Crippen LogP contribution in [-0.4, -0.2) is 41.2 Å². The monoisotopic (exact) mass is 561 g/mol. The second-order valence-electron chi connectivity index (χ2n) is 8.61. The van der Waals surface area contributed by atoms with E-state index in [0.29, 0.717) is 5.39 Å². The van der Waals surface area contributed by atoms with Crippen molar-refractivity contribution in [1.29, 1.82) is 0 Å². The summed E-state index contributed by atoms with van der Waals surface area (Å²) in [5, 5.41) is 15.3. The number of ether oxygens (including phenoxy) is 1. The first-order valence-corrected chi connectivity index (χ1v) is 12.6. The SMILES string of the molecule is CCOc1c(CC(N)=O)cc([C@@](O)(CNC(=O)c2csc3ccccc23)C(F)(F)F)nc1-c1ccc(F)cc1. The number of alkyl halides is 3. The molecule has 2 heterocycles. The minimum atomic E-state index is -5.30. The number of pyridine rings is 1. The maximum atomic E-state index is 14.5. The van der Waals surface area contributed by atoms with Crippen molar-refractivity contribution in [3.05, 3.63) is 82.6 Å². The van der Waals surface area contributed by atoms with Gasteiger partial charge in [0.1, 0.15) is 17.3 Å². The molecular weight excluding hydrogens is 538 g/mol. The lowest BCUT2D eigenvalue weighted by atomic mass is 9.93. The van der Waals surface area contributed by atoms with E-state index >= 15 is 0 Å². The topological polar surface area (TPSA) is 115 Å². The third-order valence-corrected chi connectivity index (χ3v) is 6.91. The van der Waals surface area contributed by atoms with Gasteiger partial charge < -0.3 is 20.9 Å². The summed E-state index contributed by atoms with van der Waals surface area (Å²) in [4.78, 5) is 28.7. The summed E-state index contributed by atoms with van der Waals surface area (Å²) in [6.07, 6.45) is -5.83. The molecule has 204 valence electrons. The minimum absolute atomic E-state index is 0.0371. The van der Waals surface area contributed by atoms with Crippen LogP contribution in [0.3, 0.4) is 0 Å². The van der Waals surface area contributed by atoms with Gasteiger partial charge in [-0.15, -0.1) is 11.3 Å². The third-order valence-electron chi connectivity index (χ3n) is 5.94. The Labute approximate surface area is 224 Å². The number of hydrogen-bond acceptors (Lipinski definition) is 6. The van der Waals surface area contributed by atoms with Gasteiger partial charge in [0.2, 0.25) is 11.5 Å². The molecule has 12 heteroatoms. The summed E-state index contributed by atoms with van der Waals surface area (Å²) in [7, 11) is 0. The number of benzene rings is 2. The van der Waals surface area contributed by atoms with Crippen LogP contribution < -0.4 is 15.8 Å².